The van der Waals surface area contributed by atoms with Crippen LogP contribution < -0.4 is 5.32 Å². The van der Waals surface area contributed by atoms with Crippen LogP contribution in [0.3, 0.4) is 0 Å². The Hall–Kier alpha value is -2.28. The van der Waals surface area contributed by atoms with Gasteiger partial charge in [0.15, 0.2) is 0 Å². The Kier molecular flexibility index (Phi) is 4.09. The molecule has 1 heterocycles. The number of thiophene rings is 1. The summed E-state index contributed by atoms with van der Waals surface area (Å²) in [6.07, 6.45) is -0.460. The van der Waals surface area contributed by atoms with Crippen molar-refractivity contribution in [2.45, 2.75) is 6.42 Å². The lowest BCUT2D eigenvalue weighted by Gasteiger charge is -2.05. The normalized spacial score (nSPS) is 10.3. The quantitative estimate of drug-likeness (QED) is 0.912. The third-order valence-corrected chi connectivity index (χ3v) is 3.47. The molecule has 0 fully saturated rings. The summed E-state index contributed by atoms with van der Waals surface area (Å²) < 4.78 is 26.7. The number of amides is 1. The Balaban J connectivity index is 2.07. The minimum absolute atomic E-state index is 0.0670. The average molecular weight is 297 g/mol. The van der Waals surface area contributed by atoms with Gasteiger partial charge in [0.2, 0.25) is 5.91 Å². The molecule has 0 spiro atoms. The number of hydrogen-bond donors (Lipinski definition) is 2. The van der Waals surface area contributed by atoms with Crippen LogP contribution in [0.25, 0.3) is 0 Å². The van der Waals surface area contributed by atoms with Crippen LogP contribution in [0.2, 0.25) is 0 Å². The summed E-state index contributed by atoms with van der Waals surface area (Å²) in [6.45, 7) is 0. The van der Waals surface area contributed by atoms with Crippen molar-refractivity contribution in [2.24, 2.45) is 0 Å². The number of anilines is 1. The second kappa shape index (κ2) is 5.79. The molecule has 2 N–H and O–H groups in total. The van der Waals surface area contributed by atoms with Crippen LogP contribution in [0.4, 0.5) is 13.8 Å². The van der Waals surface area contributed by atoms with Gasteiger partial charge in [-0.1, -0.05) is 6.07 Å². The van der Waals surface area contributed by atoms with Gasteiger partial charge in [0.05, 0.1) is 11.4 Å². The van der Waals surface area contributed by atoms with Crippen molar-refractivity contribution in [3.05, 3.63) is 52.4 Å². The fraction of sp³-hybridized carbons (Fsp3) is 0.0769. The van der Waals surface area contributed by atoms with E-state index < -0.39 is 29.9 Å². The summed E-state index contributed by atoms with van der Waals surface area (Å²) >= 11 is 0.869. The van der Waals surface area contributed by atoms with Gasteiger partial charge in [-0.2, -0.15) is 0 Å². The van der Waals surface area contributed by atoms with Gasteiger partial charge in [-0.15, -0.1) is 11.3 Å². The minimum atomic E-state index is -1.10. The van der Waals surface area contributed by atoms with E-state index in [1.54, 1.807) is 0 Å². The first-order valence-electron chi connectivity index (χ1n) is 5.53. The molecule has 1 aromatic carbocycles. The van der Waals surface area contributed by atoms with E-state index in [1.165, 1.54) is 18.2 Å². The van der Waals surface area contributed by atoms with E-state index in [0.717, 1.165) is 23.5 Å². The van der Waals surface area contributed by atoms with E-state index in [4.69, 9.17) is 5.11 Å². The van der Waals surface area contributed by atoms with Crippen LogP contribution in [0.15, 0.2) is 30.3 Å². The Morgan fingerprint density at radius 1 is 1.15 bits per heavy atom. The van der Waals surface area contributed by atoms with Gasteiger partial charge in [0, 0.05) is 5.56 Å². The predicted octanol–water partition coefficient (Wildman–Crippen LogP) is 2.91. The molecule has 1 amide bonds. The minimum Gasteiger partial charge on any atom is -0.477 e. The lowest BCUT2D eigenvalue weighted by atomic mass is 10.1. The zero-order chi connectivity index (χ0) is 14.7. The number of carboxylic acid groups (broad SMARTS) is 1. The number of carbonyl (C=O) groups is 2. The van der Waals surface area contributed by atoms with E-state index in [0.29, 0.717) is 5.00 Å². The van der Waals surface area contributed by atoms with Crippen molar-refractivity contribution >= 4 is 28.2 Å². The molecule has 0 bridgehead atoms. The molecule has 0 aliphatic carbocycles. The molecule has 2 rings (SSSR count). The van der Waals surface area contributed by atoms with Crippen molar-refractivity contribution in [1.82, 2.24) is 0 Å². The first kappa shape index (κ1) is 14.1. The first-order valence-corrected chi connectivity index (χ1v) is 6.35. The van der Waals surface area contributed by atoms with Crippen molar-refractivity contribution in [3.8, 4) is 0 Å². The van der Waals surface area contributed by atoms with Crippen molar-refractivity contribution in [3.63, 3.8) is 0 Å². The van der Waals surface area contributed by atoms with E-state index >= 15 is 0 Å². The molecule has 0 unspecified atom stereocenters. The number of hydrogen-bond acceptors (Lipinski definition) is 3. The summed E-state index contributed by atoms with van der Waals surface area (Å²) in [7, 11) is 0. The van der Waals surface area contributed by atoms with Gasteiger partial charge in [-0.25, -0.2) is 13.6 Å². The standard InChI is InChI=1S/C13H9F2NO3S/c14-8-2-1-3-9(15)7(8)6-11(17)16-12-5-4-10(20-12)13(18)19/h1-5H,6H2,(H,16,17)(H,18,19). The van der Waals surface area contributed by atoms with Crippen LogP contribution >= 0.6 is 11.3 Å². The molecule has 0 radical (unpaired) electrons. The second-order valence-electron chi connectivity index (χ2n) is 3.89. The van der Waals surface area contributed by atoms with Crippen molar-refractivity contribution in [2.75, 3.05) is 5.32 Å². The molecule has 104 valence electrons. The molecule has 0 atom stereocenters. The molecule has 0 saturated heterocycles. The van der Waals surface area contributed by atoms with E-state index in [1.807, 2.05) is 0 Å². The van der Waals surface area contributed by atoms with E-state index in [2.05, 4.69) is 5.32 Å². The molecule has 2 aromatic rings. The Morgan fingerprint density at radius 2 is 1.80 bits per heavy atom. The van der Waals surface area contributed by atoms with Crippen molar-refractivity contribution in [1.29, 1.82) is 0 Å². The fourth-order valence-corrected chi connectivity index (χ4v) is 2.32. The third kappa shape index (κ3) is 3.18. The lowest BCUT2D eigenvalue weighted by Crippen LogP contribution is -2.15. The van der Waals surface area contributed by atoms with Gasteiger partial charge in [-0.3, -0.25) is 4.79 Å². The molecule has 7 heteroatoms. The Bertz CT molecular complexity index is 649. The molecule has 0 aliphatic heterocycles. The van der Waals surface area contributed by atoms with E-state index in [-0.39, 0.29) is 10.4 Å². The summed E-state index contributed by atoms with van der Waals surface area (Å²) in [6, 6.07) is 6.11. The molecule has 0 saturated carbocycles. The highest BCUT2D eigenvalue weighted by atomic mass is 32.1. The largest absolute Gasteiger partial charge is 0.477 e. The van der Waals surface area contributed by atoms with Crippen LogP contribution in [0, 0.1) is 11.6 Å². The van der Waals surface area contributed by atoms with Gasteiger partial charge >= 0.3 is 5.97 Å². The topological polar surface area (TPSA) is 66.4 Å². The summed E-state index contributed by atoms with van der Waals surface area (Å²) in [5.74, 6) is -3.31. The molecule has 0 aliphatic rings. The lowest BCUT2D eigenvalue weighted by molar-refractivity contribution is -0.115. The summed E-state index contributed by atoms with van der Waals surface area (Å²) in [5.41, 5.74) is -0.319. The van der Waals surface area contributed by atoms with E-state index in [9.17, 15) is 18.4 Å². The van der Waals surface area contributed by atoms with Crippen molar-refractivity contribution < 1.29 is 23.5 Å². The summed E-state index contributed by atoms with van der Waals surface area (Å²) in [5, 5.41) is 11.5. The average Bonchev–Trinajstić information content (AvgIpc) is 2.82. The van der Waals surface area contributed by atoms with Crippen LogP contribution in [0.5, 0.6) is 0 Å². The SMILES string of the molecule is O=C(Cc1c(F)cccc1F)Nc1ccc(C(=O)O)s1. The fourth-order valence-electron chi connectivity index (χ4n) is 1.56. The van der Waals surface area contributed by atoms with Crippen LogP contribution in [-0.2, 0) is 11.2 Å². The molecule has 1 aromatic heterocycles. The predicted molar refractivity (Wildman–Crippen MR) is 70.0 cm³/mol. The van der Waals surface area contributed by atoms with Gasteiger partial charge in [0.1, 0.15) is 16.5 Å². The van der Waals surface area contributed by atoms with Gasteiger partial charge in [-0.05, 0) is 24.3 Å². The maximum atomic E-state index is 13.4. The number of benzene rings is 1. The van der Waals surface area contributed by atoms with Gasteiger partial charge < -0.3 is 10.4 Å². The smallest absolute Gasteiger partial charge is 0.345 e. The maximum Gasteiger partial charge on any atom is 0.345 e. The van der Waals surface area contributed by atoms with Crippen LogP contribution in [0.1, 0.15) is 15.2 Å². The highest BCUT2D eigenvalue weighted by Gasteiger charge is 2.14. The van der Waals surface area contributed by atoms with Crippen LogP contribution in [-0.4, -0.2) is 17.0 Å². The second-order valence-corrected chi connectivity index (χ2v) is 4.98. The molecular formula is C13H9F2NO3S. The Labute approximate surface area is 116 Å². The zero-order valence-electron chi connectivity index (χ0n) is 10.0. The zero-order valence-corrected chi connectivity index (χ0v) is 10.8. The number of rotatable bonds is 4. The van der Waals surface area contributed by atoms with Gasteiger partial charge in [0.25, 0.3) is 0 Å². The molecular weight excluding hydrogens is 288 g/mol. The number of carboxylic acids is 1. The molecule has 20 heavy (non-hydrogen) atoms. The number of nitrogens with one attached hydrogen (secondary N) is 1. The highest BCUT2D eigenvalue weighted by Crippen LogP contribution is 2.22. The number of aromatic carboxylic acids is 1. The molecule has 4 nitrogen and oxygen atoms in total. The third-order valence-electron chi connectivity index (χ3n) is 2.48. The monoisotopic (exact) mass is 297 g/mol. The maximum absolute atomic E-state index is 13.4. The Morgan fingerprint density at radius 3 is 2.35 bits per heavy atom. The summed E-state index contributed by atoms with van der Waals surface area (Å²) in [4.78, 5) is 22.4. The highest BCUT2D eigenvalue weighted by molar-refractivity contribution is 7.18. The number of carbonyl (C=O) groups excluding carboxylic acids is 1. The first-order chi connectivity index (χ1) is 9.47. The number of halogens is 2.